The van der Waals surface area contributed by atoms with E-state index in [1.54, 1.807) is 0 Å². The molecule has 0 bridgehead atoms. The van der Waals surface area contributed by atoms with Gasteiger partial charge in [0.15, 0.2) is 5.82 Å². The smallest absolute Gasteiger partial charge is 0.248 e. The molecular weight excluding hydrogens is 300 g/mol. The van der Waals surface area contributed by atoms with Crippen molar-refractivity contribution in [1.82, 2.24) is 9.97 Å². The number of anilines is 2. The molecule has 0 spiro atoms. The van der Waals surface area contributed by atoms with Crippen molar-refractivity contribution in [1.29, 1.82) is 0 Å². The van der Waals surface area contributed by atoms with Crippen molar-refractivity contribution in [3.05, 3.63) is 36.2 Å². The van der Waals surface area contributed by atoms with E-state index in [2.05, 4.69) is 47.8 Å². The lowest BCUT2D eigenvalue weighted by Gasteiger charge is -2.31. The fourth-order valence-electron chi connectivity index (χ4n) is 2.96. The molecule has 3 rings (SSSR count). The van der Waals surface area contributed by atoms with Crippen molar-refractivity contribution in [2.75, 3.05) is 23.7 Å². The molecule has 1 aliphatic rings. The Kier molecular flexibility index (Phi) is 4.88. The Hall–Kier alpha value is -2.30. The molecule has 24 heavy (non-hydrogen) atoms. The van der Waals surface area contributed by atoms with Crippen LogP contribution < -0.4 is 15.4 Å². The summed E-state index contributed by atoms with van der Waals surface area (Å²) >= 11 is 0. The van der Waals surface area contributed by atoms with Gasteiger partial charge in [-0.15, -0.1) is 0 Å². The number of hydrogen-bond acceptors (Lipinski definition) is 5. The molecule has 1 aromatic carbocycles. The maximum Gasteiger partial charge on any atom is 0.248 e. The normalized spacial score (nSPS) is 15.8. The number of nitrogen functional groups attached to an aromatic ring is 1. The molecule has 5 heteroatoms. The third-order valence-corrected chi connectivity index (χ3v) is 4.67. The van der Waals surface area contributed by atoms with Gasteiger partial charge in [-0.1, -0.05) is 32.9 Å². The molecule has 2 aromatic rings. The van der Waals surface area contributed by atoms with Gasteiger partial charge in [0.05, 0.1) is 0 Å². The molecule has 1 fully saturated rings. The van der Waals surface area contributed by atoms with E-state index >= 15 is 0 Å². The summed E-state index contributed by atoms with van der Waals surface area (Å²) in [6.07, 6.45) is 3.86. The average molecular weight is 326 g/mol. The summed E-state index contributed by atoms with van der Waals surface area (Å²) in [4.78, 5) is 10.8. The first-order valence-corrected chi connectivity index (χ1v) is 8.68. The van der Waals surface area contributed by atoms with Crippen LogP contribution in [0.15, 0.2) is 30.6 Å². The molecule has 2 N–H and O–H groups in total. The number of piperidine rings is 1. The monoisotopic (exact) mass is 326 g/mol. The predicted molar refractivity (Wildman–Crippen MR) is 97.7 cm³/mol. The number of nitrogens with zero attached hydrogens (tertiary/aromatic N) is 3. The lowest BCUT2D eigenvalue weighted by atomic mass is 9.99. The standard InChI is InChI=1S/C19H26N4O/c1-13(2)15-4-6-16(7-5-15)24-19-17(20)18(21-12-22-19)23-10-8-14(3)9-11-23/h4-7,12-14H,8-11,20H2,1-3H3. The minimum Gasteiger partial charge on any atom is -0.437 e. The van der Waals surface area contributed by atoms with Gasteiger partial charge >= 0.3 is 0 Å². The number of nitrogens with two attached hydrogens (primary N) is 1. The van der Waals surface area contributed by atoms with Crippen molar-refractivity contribution in [3.63, 3.8) is 0 Å². The maximum absolute atomic E-state index is 6.28. The number of benzene rings is 1. The molecule has 0 saturated carbocycles. The fraction of sp³-hybridized carbons (Fsp3) is 0.474. The van der Waals surface area contributed by atoms with E-state index in [0.717, 1.165) is 43.4 Å². The molecule has 1 saturated heterocycles. The fourth-order valence-corrected chi connectivity index (χ4v) is 2.96. The molecule has 0 radical (unpaired) electrons. The summed E-state index contributed by atoms with van der Waals surface area (Å²) in [7, 11) is 0. The molecule has 1 aromatic heterocycles. The van der Waals surface area contributed by atoms with Crippen molar-refractivity contribution in [3.8, 4) is 11.6 Å². The van der Waals surface area contributed by atoms with Crippen LogP contribution in [0, 0.1) is 5.92 Å². The van der Waals surface area contributed by atoms with E-state index in [1.165, 1.54) is 11.9 Å². The molecule has 1 aliphatic heterocycles. The van der Waals surface area contributed by atoms with Crippen LogP contribution in [0.5, 0.6) is 11.6 Å². The third kappa shape index (κ3) is 3.61. The topological polar surface area (TPSA) is 64.3 Å². The SMILES string of the molecule is CC1CCN(c2ncnc(Oc3ccc(C(C)C)cc3)c2N)CC1. The molecule has 5 nitrogen and oxygen atoms in total. The Balaban J connectivity index is 1.78. The van der Waals surface area contributed by atoms with Crippen LogP contribution >= 0.6 is 0 Å². The van der Waals surface area contributed by atoms with Gasteiger partial charge in [-0.25, -0.2) is 4.98 Å². The summed E-state index contributed by atoms with van der Waals surface area (Å²) in [5, 5.41) is 0. The molecule has 2 heterocycles. The first kappa shape index (κ1) is 16.6. The first-order chi connectivity index (χ1) is 11.5. The lowest BCUT2D eigenvalue weighted by molar-refractivity contribution is 0.434. The second-order valence-electron chi connectivity index (χ2n) is 6.91. The average Bonchev–Trinajstić information content (AvgIpc) is 2.58. The Labute approximate surface area is 143 Å². The zero-order chi connectivity index (χ0) is 17.1. The van der Waals surface area contributed by atoms with Crippen molar-refractivity contribution in [2.24, 2.45) is 5.92 Å². The lowest BCUT2D eigenvalue weighted by Crippen LogP contribution is -2.34. The zero-order valence-electron chi connectivity index (χ0n) is 14.7. The van der Waals surface area contributed by atoms with E-state index in [9.17, 15) is 0 Å². The highest BCUT2D eigenvalue weighted by atomic mass is 16.5. The van der Waals surface area contributed by atoms with Gasteiger partial charge < -0.3 is 15.4 Å². The van der Waals surface area contributed by atoms with Crippen LogP contribution in [0.1, 0.15) is 45.1 Å². The summed E-state index contributed by atoms with van der Waals surface area (Å²) < 4.78 is 5.89. The summed E-state index contributed by atoms with van der Waals surface area (Å²) in [6.45, 7) is 8.58. The van der Waals surface area contributed by atoms with Crippen LogP contribution in [0.3, 0.4) is 0 Å². The summed E-state index contributed by atoms with van der Waals surface area (Å²) in [6, 6.07) is 8.06. The number of rotatable bonds is 4. The zero-order valence-corrected chi connectivity index (χ0v) is 14.7. The molecule has 0 atom stereocenters. The Morgan fingerprint density at radius 1 is 1.12 bits per heavy atom. The quantitative estimate of drug-likeness (QED) is 0.911. The minimum atomic E-state index is 0.427. The van der Waals surface area contributed by atoms with E-state index in [1.807, 2.05) is 12.1 Å². The Morgan fingerprint density at radius 3 is 2.42 bits per heavy atom. The van der Waals surface area contributed by atoms with Crippen LogP contribution in [0.4, 0.5) is 11.5 Å². The van der Waals surface area contributed by atoms with E-state index in [0.29, 0.717) is 17.5 Å². The van der Waals surface area contributed by atoms with Crippen LogP contribution in [0.2, 0.25) is 0 Å². The van der Waals surface area contributed by atoms with Gasteiger partial charge in [0, 0.05) is 13.1 Å². The van der Waals surface area contributed by atoms with Crippen LogP contribution in [-0.2, 0) is 0 Å². The third-order valence-electron chi connectivity index (χ3n) is 4.67. The van der Waals surface area contributed by atoms with Gasteiger partial charge in [-0.2, -0.15) is 4.98 Å². The first-order valence-electron chi connectivity index (χ1n) is 8.68. The summed E-state index contributed by atoms with van der Waals surface area (Å²) in [5.74, 6) is 3.21. The second kappa shape index (κ2) is 7.07. The van der Waals surface area contributed by atoms with Crippen molar-refractivity contribution in [2.45, 2.75) is 39.5 Å². The highest BCUT2D eigenvalue weighted by Gasteiger charge is 2.21. The van der Waals surface area contributed by atoms with E-state index < -0.39 is 0 Å². The Bertz CT molecular complexity index is 676. The minimum absolute atomic E-state index is 0.427. The maximum atomic E-state index is 6.28. The van der Waals surface area contributed by atoms with Gasteiger partial charge in [-0.3, -0.25) is 0 Å². The van der Waals surface area contributed by atoms with E-state index in [4.69, 9.17) is 10.5 Å². The number of hydrogen-bond donors (Lipinski definition) is 1. The Morgan fingerprint density at radius 2 is 1.79 bits per heavy atom. The van der Waals surface area contributed by atoms with Gasteiger partial charge in [0.1, 0.15) is 17.8 Å². The molecule has 0 amide bonds. The predicted octanol–water partition coefficient (Wildman–Crippen LogP) is 4.21. The highest BCUT2D eigenvalue weighted by Crippen LogP contribution is 2.33. The van der Waals surface area contributed by atoms with Crippen molar-refractivity contribution < 1.29 is 4.74 Å². The molecule has 0 unspecified atom stereocenters. The molecular formula is C19H26N4O. The van der Waals surface area contributed by atoms with Gasteiger partial charge in [0.2, 0.25) is 5.88 Å². The van der Waals surface area contributed by atoms with E-state index in [-0.39, 0.29) is 0 Å². The van der Waals surface area contributed by atoms with Crippen LogP contribution in [-0.4, -0.2) is 23.1 Å². The molecule has 128 valence electrons. The van der Waals surface area contributed by atoms with Gasteiger partial charge in [0.25, 0.3) is 0 Å². The highest BCUT2D eigenvalue weighted by molar-refractivity contribution is 5.68. The van der Waals surface area contributed by atoms with Crippen molar-refractivity contribution >= 4 is 11.5 Å². The second-order valence-corrected chi connectivity index (χ2v) is 6.91. The van der Waals surface area contributed by atoms with Gasteiger partial charge in [-0.05, 0) is 42.4 Å². The summed E-state index contributed by atoms with van der Waals surface area (Å²) in [5.41, 5.74) is 8.08. The molecule has 0 aliphatic carbocycles. The van der Waals surface area contributed by atoms with Crippen LogP contribution in [0.25, 0.3) is 0 Å². The number of ether oxygens (including phenoxy) is 1. The number of aromatic nitrogens is 2. The largest absolute Gasteiger partial charge is 0.437 e.